The number of hydrogen-bond donors (Lipinski definition) is 0. The van der Waals surface area contributed by atoms with E-state index in [1.165, 1.54) is 12.0 Å². The maximum Gasteiger partial charge on any atom is 0.410 e. The largest absolute Gasteiger partial charge is 0.467 e. The monoisotopic (exact) mass is 335 g/mol. The van der Waals surface area contributed by atoms with Crippen molar-refractivity contribution >= 4 is 12.1 Å². The highest BCUT2D eigenvalue weighted by atomic mass is 17.2. The number of benzene rings is 1. The van der Waals surface area contributed by atoms with Gasteiger partial charge in [0.05, 0.1) is 19.8 Å². The third-order valence-electron chi connectivity index (χ3n) is 4.36. The third kappa shape index (κ3) is 3.37. The Morgan fingerprint density at radius 1 is 1.29 bits per heavy atom. The second-order valence-electron chi connectivity index (χ2n) is 6.29. The first-order valence-corrected chi connectivity index (χ1v) is 7.93. The van der Waals surface area contributed by atoms with E-state index >= 15 is 0 Å². The molecule has 3 rings (SSSR count). The van der Waals surface area contributed by atoms with Crippen LogP contribution in [0.4, 0.5) is 4.79 Å². The van der Waals surface area contributed by atoms with Crippen molar-refractivity contribution in [2.75, 3.05) is 13.7 Å². The zero-order chi connectivity index (χ0) is 17.2. The van der Waals surface area contributed by atoms with Crippen LogP contribution in [-0.4, -0.2) is 48.4 Å². The second-order valence-corrected chi connectivity index (χ2v) is 6.29. The molecule has 7 nitrogen and oxygen atoms in total. The van der Waals surface area contributed by atoms with Gasteiger partial charge in [-0.3, -0.25) is 4.90 Å². The van der Waals surface area contributed by atoms with Crippen LogP contribution in [-0.2, 0) is 30.7 Å². The van der Waals surface area contributed by atoms with Crippen molar-refractivity contribution in [3.63, 3.8) is 0 Å². The van der Waals surface area contributed by atoms with Gasteiger partial charge in [0.1, 0.15) is 18.2 Å². The van der Waals surface area contributed by atoms with Gasteiger partial charge in [-0.2, -0.15) is 0 Å². The summed E-state index contributed by atoms with van der Waals surface area (Å²) in [5, 5.41) is 0. The van der Waals surface area contributed by atoms with Crippen LogP contribution >= 0.6 is 0 Å². The Bertz CT molecular complexity index is 606. The van der Waals surface area contributed by atoms with Gasteiger partial charge < -0.3 is 9.47 Å². The summed E-state index contributed by atoms with van der Waals surface area (Å²) < 4.78 is 10.2. The molecule has 24 heavy (non-hydrogen) atoms. The molecule has 130 valence electrons. The van der Waals surface area contributed by atoms with Gasteiger partial charge in [0.15, 0.2) is 0 Å². The summed E-state index contributed by atoms with van der Waals surface area (Å²) in [7, 11) is 1.30. The number of nitrogens with zero attached hydrogens (tertiary/aromatic N) is 1. The number of amides is 1. The van der Waals surface area contributed by atoms with E-state index in [4.69, 9.17) is 19.2 Å². The summed E-state index contributed by atoms with van der Waals surface area (Å²) in [6.45, 7) is 2.27. The van der Waals surface area contributed by atoms with Crippen molar-refractivity contribution in [1.82, 2.24) is 4.90 Å². The van der Waals surface area contributed by atoms with E-state index in [1.807, 2.05) is 37.3 Å². The summed E-state index contributed by atoms with van der Waals surface area (Å²) >= 11 is 0. The van der Waals surface area contributed by atoms with Crippen LogP contribution in [0.1, 0.15) is 25.3 Å². The number of carbonyl (C=O) groups is 2. The maximum atomic E-state index is 12.5. The van der Waals surface area contributed by atoms with E-state index < -0.39 is 23.7 Å². The summed E-state index contributed by atoms with van der Waals surface area (Å²) in [5.74, 6) is -0.480. The normalized spacial score (nSPS) is 29.0. The number of rotatable bonds is 3. The molecule has 3 unspecified atom stereocenters. The first-order valence-electron chi connectivity index (χ1n) is 7.93. The number of likely N-dealkylation sites (tertiary alicyclic amines) is 1. The number of methoxy groups -OCH3 is 1. The van der Waals surface area contributed by atoms with Crippen LogP contribution in [0.3, 0.4) is 0 Å². The molecule has 0 N–H and O–H groups in total. The average Bonchev–Trinajstić information content (AvgIpc) is 3.16. The molecule has 2 saturated heterocycles. The quantitative estimate of drug-likeness (QED) is 0.622. The fraction of sp³-hybridized carbons (Fsp3) is 0.529. The Morgan fingerprint density at radius 3 is 2.67 bits per heavy atom. The number of hydrogen-bond acceptors (Lipinski definition) is 6. The van der Waals surface area contributed by atoms with Crippen LogP contribution in [0, 0.1) is 0 Å². The lowest BCUT2D eigenvalue weighted by atomic mass is 9.94. The third-order valence-corrected chi connectivity index (χ3v) is 4.36. The van der Waals surface area contributed by atoms with Crippen molar-refractivity contribution in [3.05, 3.63) is 35.9 Å². The van der Waals surface area contributed by atoms with Crippen LogP contribution in [0.5, 0.6) is 0 Å². The van der Waals surface area contributed by atoms with Crippen molar-refractivity contribution in [3.8, 4) is 0 Å². The molecule has 1 amide bonds. The van der Waals surface area contributed by atoms with Gasteiger partial charge in [0.25, 0.3) is 0 Å². The number of ether oxygens (including phenoxy) is 2. The molecule has 0 saturated carbocycles. The van der Waals surface area contributed by atoms with E-state index in [2.05, 4.69) is 0 Å². The highest BCUT2D eigenvalue weighted by molar-refractivity contribution is 5.82. The minimum Gasteiger partial charge on any atom is -0.467 e. The van der Waals surface area contributed by atoms with Crippen LogP contribution in [0.25, 0.3) is 0 Å². The number of esters is 1. The second kappa shape index (κ2) is 6.78. The minimum absolute atomic E-state index is 0.0800. The van der Waals surface area contributed by atoms with Crippen LogP contribution in [0.15, 0.2) is 30.3 Å². The lowest BCUT2D eigenvalue weighted by Gasteiger charge is -2.22. The van der Waals surface area contributed by atoms with Gasteiger partial charge in [-0.05, 0) is 12.5 Å². The van der Waals surface area contributed by atoms with Crippen molar-refractivity contribution < 1.29 is 28.8 Å². The van der Waals surface area contributed by atoms with Crippen molar-refractivity contribution in [2.24, 2.45) is 0 Å². The first kappa shape index (κ1) is 16.7. The molecule has 2 aliphatic heterocycles. The van der Waals surface area contributed by atoms with Gasteiger partial charge in [0, 0.05) is 12.8 Å². The minimum atomic E-state index is -0.729. The van der Waals surface area contributed by atoms with E-state index in [-0.39, 0.29) is 19.3 Å². The fourth-order valence-corrected chi connectivity index (χ4v) is 3.27. The predicted octanol–water partition coefficient (Wildman–Crippen LogP) is 2.05. The van der Waals surface area contributed by atoms with E-state index in [0.717, 1.165) is 5.56 Å². The molecule has 1 spiro atoms. The Hall–Kier alpha value is -2.12. The van der Waals surface area contributed by atoms with Crippen molar-refractivity contribution in [1.29, 1.82) is 0 Å². The molecular formula is C17H21NO6. The van der Waals surface area contributed by atoms with Crippen LogP contribution < -0.4 is 0 Å². The average molecular weight is 335 g/mol. The molecule has 0 aromatic heterocycles. The highest BCUT2D eigenvalue weighted by Crippen LogP contribution is 2.40. The molecule has 2 heterocycles. The fourth-order valence-electron chi connectivity index (χ4n) is 3.27. The summed E-state index contributed by atoms with van der Waals surface area (Å²) in [4.78, 5) is 36.5. The van der Waals surface area contributed by atoms with E-state index in [1.54, 1.807) is 0 Å². The Kier molecular flexibility index (Phi) is 4.73. The topological polar surface area (TPSA) is 74.3 Å². The lowest BCUT2D eigenvalue weighted by molar-refractivity contribution is -0.320. The smallest absolute Gasteiger partial charge is 0.410 e. The molecular weight excluding hydrogens is 314 g/mol. The SMILES string of the molecule is COC(=O)C1CC2(CC(C)OO2)CN1C(=O)OCc1ccccc1. The zero-order valence-electron chi connectivity index (χ0n) is 13.8. The molecule has 3 atom stereocenters. The van der Waals surface area contributed by atoms with Gasteiger partial charge in [-0.25, -0.2) is 19.4 Å². The van der Waals surface area contributed by atoms with Gasteiger partial charge in [0.2, 0.25) is 0 Å². The Balaban J connectivity index is 1.69. The summed E-state index contributed by atoms with van der Waals surface area (Å²) in [6, 6.07) is 8.64. The van der Waals surface area contributed by atoms with Crippen LogP contribution in [0.2, 0.25) is 0 Å². The summed E-state index contributed by atoms with van der Waals surface area (Å²) in [5.41, 5.74) is 0.202. The molecule has 1 aromatic rings. The van der Waals surface area contributed by atoms with Gasteiger partial charge in [-0.1, -0.05) is 30.3 Å². The molecule has 0 bridgehead atoms. The first-order chi connectivity index (χ1) is 11.5. The molecule has 7 heteroatoms. The molecule has 0 radical (unpaired) electrons. The van der Waals surface area contributed by atoms with Gasteiger partial charge >= 0.3 is 12.1 Å². The summed E-state index contributed by atoms with van der Waals surface area (Å²) in [6.07, 6.45) is 0.311. The highest BCUT2D eigenvalue weighted by Gasteiger charge is 2.55. The van der Waals surface area contributed by atoms with E-state index in [9.17, 15) is 9.59 Å². The van der Waals surface area contributed by atoms with Gasteiger partial charge in [-0.15, -0.1) is 0 Å². The van der Waals surface area contributed by atoms with Crippen molar-refractivity contribution in [2.45, 2.75) is 44.1 Å². The van der Waals surface area contributed by atoms with E-state index in [0.29, 0.717) is 12.8 Å². The molecule has 1 aromatic carbocycles. The lowest BCUT2D eigenvalue weighted by Crippen LogP contribution is -2.42. The zero-order valence-corrected chi connectivity index (χ0v) is 13.8. The standard InChI is InChI=1S/C17H21NO6/c1-12-8-17(24-23-12)9-14(15(19)21-2)18(11-17)16(20)22-10-13-6-4-3-5-7-13/h3-7,12,14H,8-11H2,1-2H3. The molecule has 0 aliphatic carbocycles. The maximum absolute atomic E-state index is 12.5. The molecule has 2 aliphatic rings. The number of carbonyl (C=O) groups excluding carboxylic acids is 2. The predicted molar refractivity (Wildman–Crippen MR) is 82.7 cm³/mol. The molecule has 2 fully saturated rings. The Morgan fingerprint density at radius 2 is 2.04 bits per heavy atom. The Labute approximate surface area is 140 Å².